The molecule has 23 heavy (non-hydrogen) atoms. The van der Waals surface area contributed by atoms with E-state index in [4.69, 9.17) is 4.74 Å². The first-order chi connectivity index (χ1) is 11.0. The molecule has 0 aromatic heterocycles. The Morgan fingerprint density at radius 1 is 1.17 bits per heavy atom. The summed E-state index contributed by atoms with van der Waals surface area (Å²) in [6.07, 6.45) is 5.23. The van der Waals surface area contributed by atoms with Crippen molar-refractivity contribution in [3.05, 3.63) is 33.4 Å². The molecule has 2 N–H and O–H groups in total. The summed E-state index contributed by atoms with van der Waals surface area (Å²) in [4.78, 5) is 35.1. The van der Waals surface area contributed by atoms with Crippen molar-refractivity contribution in [2.45, 2.75) is 38.1 Å². The molecule has 2 rings (SSSR count). The summed E-state index contributed by atoms with van der Waals surface area (Å²) in [7, 11) is 0. The molecule has 0 bridgehead atoms. The van der Waals surface area contributed by atoms with Crippen molar-refractivity contribution in [1.82, 2.24) is 10.6 Å². The number of esters is 1. The van der Waals surface area contributed by atoms with E-state index in [0.29, 0.717) is 5.56 Å². The van der Waals surface area contributed by atoms with Gasteiger partial charge in [0.15, 0.2) is 6.61 Å². The molecule has 1 aromatic rings. The maximum Gasteiger partial charge on any atom is 0.338 e. The van der Waals surface area contributed by atoms with Crippen molar-refractivity contribution in [2.24, 2.45) is 0 Å². The normalized spacial score (nSPS) is 14.8. The smallest absolute Gasteiger partial charge is 0.338 e. The fourth-order valence-corrected chi connectivity index (χ4v) is 3.00. The third kappa shape index (κ3) is 6.17. The Kier molecular flexibility index (Phi) is 6.82. The van der Waals surface area contributed by atoms with Crippen LogP contribution in [0.15, 0.2) is 24.3 Å². The van der Waals surface area contributed by atoms with Crippen LogP contribution < -0.4 is 10.6 Å². The maximum atomic E-state index is 11.8. The number of halogens is 1. The van der Waals surface area contributed by atoms with Gasteiger partial charge in [0.25, 0.3) is 5.91 Å². The van der Waals surface area contributed by atoms with E-state index in [1.54, 1.807) is 18.2 Å². The van der Waals surface area contributed by atoms with Crippen LogP contribution in [0.25, 0.3) is 0 Å². The third-order valence-corrected chi connectivity index (χ3v) is 4.26. The van der Waals surface area contributed by atoms with Crippen LogP contribution in [0.4, 0.5) is 4.79 Å². The van der Waals surface area contributed by atoms with Gasteiger partial charge in [0.1, 0.15) is 0 Å². The Hall–Kier alpha value is -1.64. The van der Waals surface area contributed by atoms with Gasteiger partial charge in [-0.05, 0) is 53.6 Å². The SMILES string of the molecule is O=C(COC(=O)c1cccc(I)c1)NC(=O)NC1CCCCC1. The van der Waals surface area contributed by atoms with Crippen molar-refractivity contribution < 1.29 is 19.1 Å². The van der Waals surface area contributed by atoms with Gasteiger partial charge in [-0.1, -0.05) is 25.3 Å². The minimum Gasteiger partial charge on any atom is -0.452 e. The predicted octanol–water partition coefficient (Wildman–Crippen LogP) is 2.61. The molecule has 1 aliphatic carbocycles. The second-order valence-corrected chi connectivity index (χ2v) is 6.69. The molecule has 1 fully saturated rings. The first-order valence-electron chi connectivity index (χ1n) is 7.57. The lowest BCUT2D eigenvalue weighted by Crippen LogP contribution is -2.46. The van der Waals surface area contributed by atoms with Crippen molar-refractivity contribution in [3.8, 4) is 0 Å². The highest BCUT2D eigenvalue weighted by atomic mass is 127. The highest BCUT2D eigenvalue weighted by Gasteiger charge is 2.17. The number of carbonyl (C=O) groups excluding carboxylic acids is 3. The van der Waals surface area contributed by atoms with Crippen molar-refractivity contribution in [2.75, 3.05) is 6.61 Å². The lowest BCUT2D eigenvalue weighted by molar-refractivity contribution is -0.123. The Morgan fingerprint density at radius 3 is 2.61 bits per heavy atom. The average molecular weight is 430 g/mol. The van der Waals surface area contributed by atoms with Gasteiger partial charge < -0.3 is 10.1 Å². The third-order valence-electron chi connectivity index (χ3n) is 3.59. The molecule has 1 aliphatic rings. The molecule has 1 aromatic carbocycles. The van der Waals surface area contributed by atoms with Gasteiger partial charge in [-0.3, -0.25) is 10.1 Å². The van der Waals surface area contributed by atoms with E-state index in [1.165, 1.54) is 6.42 Å². The lowest BCUT2D eigenvalue weighted by atomic mass is 9.96. The number of hydrogen-bond donors (Lipinski definition) is 2. The van der Waals surface area contributed by atoms with Gasteiger partial charge in [-0.2, -0.15) is 0 Å². The van der Waals surface area contributed by atoms with Gasteiger partial charge in [0, 0.05) is 9.61 Å². The molecular formula is C16H19IN2O4. The topological polar surface area (TPSA) is 84.5 Å². The summed E-state index contributed by atoms with van der Waals surface area (Å²) in [5, 5.41) is 4.94. The maximum absolute atomic E-state index is 11.8. The lowest BCUT2D eigenvalue weighted by Gasteiger charge is -2.22. The van der Waals surface area contributed by atoms with E-state index >= 15 is 0 Å². The molecule has 124 valence electrons. The zero-order valence-corrected chi connectivity index (χ0v) is 14.8. The minimum absolute atomic E-state index is 0.116. The summed E-state index contributed by atoms with van der Waals surface area (Å²) in [6, 6.07) is 6.43. The number of carbonyl (C=O) groups is 3. The number of urea groups is 1. The number of imide groups is 1. The van der Waals surface area contributed by atoms with E-state index in [-0.39, 0.29) is 6.04 Å². The molecule has 0 unspecified atom stereocenters. The molecule has 0 atom stereocenters. The number of rotatable bonds is 4. The van der Waals surface area contributed by atoms with Crippen LogP contribution in [0.2, 0.25) is 0 Å². The largest absolute Gasteiger partial charge is 0.452 e. The van der Waals surface area contributed by atoms with E-state index in [1.807, 2.05) is 6.07 Å². The van der Waals surface area contributed by atoms with Crippen molar-refractivity contribution in [1.29, 1.82) is 0 Å². The fourth-order valence-electron chi connectivity index (χ4n) is 2.46. The monoisotopic (exact) mass is 430 g/mol. The summed E-state index contributed by atoms with van der Waals surface area (Å²) >= 11 is 2.08. The fraction of sp³-hybridized carbons (Fsp3) is 0.438. The standard InChI is InChI=1S/C16H19IN2O4/c17-12-6-4-5-11(9-12)15(21)23-10-14(20)19-16(22)18-13-7-2-1-3-8-13/h4-6,9,13H,1-3,7-8,10H2,(H2,18,19,20,22). The highest BCUT2D eigenvalue weighted by molar-refractivity contribution is 14.1. The molecule has 0 heterocycles. The molecular weight excluding hydrogens is 411 g/mol. The summed E-state index contributed by atoms with van der Waals surface area (Å²) in [6.45, 7) is -0.484. The van der Waals surface area contributed by atoms with Crippen LogP contribution in [0.1, 0.15) is 42.5 Å². The zero-order chi connectivity index (χ0) is 16.7. The van der Waals surface area contributed by atoms with Crippen LogP contribution in [-0.2, 0) is 9.53 Å². The summed E-state index contributed by atoms with van der Waals surface area (Å²) < 4.78 is 5.80. The Labute approximate surface area is 148 Å². The number of nitrogens with one attached hydrogen (secondary N) is 2. The van der Waals surface area contributed by atoms with Gasteiger partial charge in [0.2, 0.25) is 0 Å². The first-order valence-corrected chi connectivity index (χ1v) is 8.65. The molecule has 0 spiro atoms. The van der Waals surface area contributed by atoms with Crippen LogP contribution in [0.5, 0.6) is 0 Å². The number of benzene rings is 1. The van der Waals surface area contributed by atoms with Gasteiger partial charge >= 0.3 is 12.0 Å². The highest BCUT2D eigenvalue weighted by Crippen LogP contribution is 2.17. The predicted molar refractivity (Wildman–Crippen MR) is 93.0 cm³/mol. The Bertz CT molecular complexity index is 585. The van der Waals surface area contributed by atoms with E-state index in [9.17, 15) is 14.4 Å². The second-order valence-electron chi connectivity index (χ2n) is 5.44. The summed E-state index contributed by atoms with van der Waals surface area (Å²) in [5.41, 5.74) is 0.372. The average Bonchev–Trinajstić information content (AvgIpc) is 2.53. The van der Waals surface area contributed by atoms with Crippen LogP contribution >= 0.6 is 22.6 Å². The molecule has 7 heteroatoms. The van der Waals surface area contributed by atoms with Crippen molar-refractivity contribution in [3.63, 3.8) is 0 Å². The molecule has 0 aliphatic heterocycles. The minimum atomic E-state index is -0.641. The first kappa shape index (κ1) is 17.7. The van der Waals surface area contributed by atoms with Crippen LogP contribution in [-0.4, -0.2) is 30.6 Å². The molecule has 3 amide bonds. The van der Waals surface area contributed by atoms with Crippen LogP contribution in [0, 0.1) is 3.57 Å². The van der Waals surface area contributed by atoms with E-state index in [2.05, 4.69) is 33.2 Å². The molecule has 0 radical (unpaired) electrons. The van der Waals surface area contributed by atoms with Gasteiger partial charge in [-0.25, -0.2) is 9.59 Å². The zero-order valence-electron chi connectivity index (χ0n) is 12.6. The van der Waals surface area contributed by atoms with Gasteiger partial charge in [0.05, 0.1) is 5.56 Å². The van der Waals surface area contributed by atoms with Crippen LogP contribution in [0.3, 0.4) is 0 Å². The van der Waals surface area contributed by atoms with Gasteiger partial charge in [-0.15, -0.1) is 0 Å². The molecule has 1 saturated carbocycles. The molecule has 0 saturated heterocycles. The van der Waals surface area contributed by atoms with E-state index in [0.717, 1.165) is 29.3 Å². The van der Waals surface area contributed by atoms with E-state index < -0.39 is 24.5 Å². The molecule has 6 nitrogen and oxygen atoms in total. The Balaban J connectivity index is 1.71. The number of hydrogen-bond acceptors (Lipinski definition) is 4. The van der Waals surface area contributed by atoms with Crippen molar-refractivity contribution >= 4 is 40.5 Å². The summed E-state index contributed by atoms with van der Waals surface area (Å²) in [5.74, 6) is -1.23. The Morgan fingerprint density at radius 2 is 1.91 bits per heavy atom. The number of amides is 3. The second kappa shape index (κ2) is 8.85. The quantitative estimate of drug-likeness (QED) is 0.568. The number of ether oxygens (including phenoxy) is 1.